The SMILES string of the molecule is O=c1[nH]c(-c2ccco2)nc2c1CCN(CC1CC1)C2. The molecule has 2 aromatic heterocycles. The molecule has 2 aromatic rings. The maximum Gasteiger partial charge on any atom is 0.254 e. The first-order chi connectivity index (χ1) is 9.79. The largest absolute Gasteiger partial charge is 0.461 e. The van der Waals surface area contributed by atoms with E-state index in [0.29, 0.717) is 11.6 Å². The fraction of sp³-hybridized carbons (Fsp3) is 0.467. The number of rotatable bonds is 3. The van der Waals surface area contributed by atoms with Crippen molar-refractivity contribution in [2.75, 3.05) is 13.1 Å². The summed E-state index contributed by atoms with van der Waals surface area (Å²) in [5, 5.41) is 0. The van der Waals surface area contributed by atoms with Crippen molar-refractivity contribution in [3.63, 3.8) is 0 Å². The Hall–Kier alpha value is -1.88. The number of hydrogen-bond acceptors (Lipinski definition) is 4. The Balaban J connectivity index is 1.67. The quantitative estimate of drug-likeness (QED) is 0.924. The lowest BCUT2D eigenvalue weighted by Crippen LogP contribution is -2.36. The molecule has 3 heterocycles. The van der Waals surface area contributed by atoms with Crippen LogP contribution < -0.4 is 5.56 Å². The third-order valence-electron chi connectivity index (χ3n) is 4.12. The van der Waals surface area contributed by atoms with Gasteiger partial charge in [-0.05, 0) is 37.3 Å². The van der Waals surface area contributed by atoms with Crippen LogP contribution in [0.5, 0.6) is 0 Å². The summed E-state index contributed by atoms with van der Waals surface area (Å²) in [5.74, 6) is 2.01. The molecule has 0 unspecified atom stereocenters. The van der Waals surface area contributed by atoms with Gasteiger partial charge in [-0.3, -0.25) is 9.69 Å². The summed E-state index contributed by atoms with van der Waals surface area (Å²) in [7, 11) is 0. The molecular weight excluding hydrogens is 254 g/mol. The highest BCUT2D eigenvalue weighted by Crippen LogP contribution is 2.31. The molecule has 1 aliphatic carbocycles. The summed E-state index contributed by atoms with van der Waals surface area (Å²) < 4.78 is 5.32. The van der Waals surface area contributed by atoms with Crippen LogP contribution in [0.1, 0.15) is 24.1 Å². The van der Waals surface area contributed by atoms with Gasteiger partial charge in [-0.1, -0.05) is 0 Å². The monoisotopic (exact) mass is 271 g/mol. The van der Waals surface area contributed by atoms with Crippen LogP contribution in [0.25, 0.3) is 11.6 Å². The molecule has 5 heteroatoms. The van der Waals surface area contributed by atoms with E-state index < -0.39 is 0 Å². The van der Waals surface area contributed by atoms with Gasteiger partial charge >= 0.3 is 0 Å². The lowest BCUT2D eigenvalue weighted by atomic mass is 10.1. The van der Waals surface area contributed by atoms with Crippen molar-refractivity contribution < 1.29 is 4.42 Å². The molecule has 1 N–H and O–H groups in total. The zero-order valence-corrected chi connectivity index (χ0v) is 11.3. The van der Waals surface area contributed by atoms with E-state index in [1.54, 1.807) is 12.3 Å². The van der Waals surface area contributed by atoms with Crippen LogP contribution in [-0.4, -0.2) is 28.0 Å². The summed E-state index contributed by atoms with van der Waals surface area (Å²) in [4.78, 5) is 22.0. The number of fused-ring (bicyclic) bond motifs is 1. The van der Waals surface area contributed by atoms with E-state index in [-0.39, 0.29) is 5.56 Å². The topological polar surface area (TPSA) is 62.1 Å². The van der Waals surface area contributed by atoms with E-state index in [2.05, 4.69) is 14.9 Å². The first kappa shape index (κ1) is 11.9. The molecule has 0 radical (unpaired) electrons. The van der Waals surface area contributed by atoms with E-state index in [0.717, 1.165) is 43.2 Å². The second kappa shape index (κ2) is 4.59. The third kappa shape index (κ3) is 2.18. The summed E-state index contributed by atoms with van der Waals surface area (Å²) in [5.41, 5.74) is 1.73. The molecule has 0 amide bonds. The van der Waals surface area contributed by atoms with Crippen molar-refractivity contribution in [3.8, 4) is 11.6 Å². The van der Waals surface area contributed by atoms with Crippen LogP contribution in [0.3, 0.4) is 0 Å². The van der Waals surface area contributed by atoms with Crippen LogP contribution in [-0.2, 0) is 13.0 Å². The molecule has 0 spiro atoms. The predicted octanol–water partition coefficient (Wildman–Crippen LogP) is 1.80. The number of aromatic amines is 1. The zero-order valence-electron chi connectivity index (χ0n) is 11.3. The van der Waals surface area contributed by atoms with Crippen LogP contribution in [0.15, 0.2) is 27.6 Å². The van der Waals surface area contributed by atoms with Gasteiger partial charge in [0, 0.05) is 25.2 Å². The fourth-order valence-electron chi connectivity index (χ4n) is 2.85. The molecule has 0 atom stereocenters. The van der Waals surface area contributed by atoms with Crippen LogP contribution in [0.4, 0.5) is 0 Å². The van der Waals surface area contributed by atoms with E-state index in [1.807, 2.05) is 6.07 Å². The van der Waals surface area contributed by atoms with Gasteiger partial charge in [0.05, 0.1) is 12.0 Å². The van der Waals surface area contributed by atoms with Crippen molar-refractivity contribution in [2.45, 2.75) is 25.8 Å². The number of nitrogens with one attached hydrogen (secondary N) is 1. The molecule has 104 valence electrons. The van der Waals surface area contributed by atoms with Crippen molar-refractivity contribution in [1.82, 2.24) is 14.9 Å². The van der Waals surface area contributed by atoms with Crippen molar-refractivity contribution in [3.05, 3.63) is 40.0 Å². The molecule has 0 aromatic carbocycles. The average Bonchev–Trinajstić information content (AvgIpc) is 3.08. The molecule has 20 heavy (non-hydrogen) atoms. The van der Waals surface area contributed by atoms with Gasteiger partial charge in [-0.15, -0.1) is 0 Å². The molecule has 0 saturated heterocycles. The Bertz CT molecular complexity index is 671. The zero-order chi connectivity index (χ0) is 13.5. The number of nitrogens with zero attached hydrogens (tertiary/aromatic N) is 2. The molecule has 2 aliphatic rings. The van der Waals surface area contributed by atoms with Gasteiger partial charge in [-0.25, -0.2) is 4.98 Å². The summed E-state index contributed by atoms with van der Waals surface area (Å²) in [6.45, 7) is 2.89. The Morgan fingerprint density at radius 1 is 1.45 bits per heavy atom. The van der Waals surface area contributed by atoms with E-state index in [4.69, 9.17) is 4.42 Å². The van der Waals surface area contributed by atoms with Gasteiger partial charge in [-0.2, -0.15) is 0 Å². The minimum absolute atomic E-state index is 0.0209. The molecule has 1 aliphatic heterocycles. The van der Waals surface area contributed by atoms with Crippen molar-refractivity contribution >= 4 is 0 Å². The second-order valence-corrected chi connectivity index (χ2v) is 5.75. The Kier molecular flexibility index (Phi) is 2.73. The summed E-state index contributed by atoms with van der Waals surface area (Å²) in [6.07, 6.45) is 5.09. The van der Waals surface area contributed by atoms with Gasteiger partial charge in [0.2, 0.25) is 0 Å². The predicted molar refractivity (Wildman–Crippen MR) is 74.3 cm³/mol. The summed E-state index contributed by atoms with van der Waals surface area (Å²) >= 11 is 0. The average molecular weight is 271 g/mol. The number of aromatic nitrogens is 2. The van der Waals surface area contributed by atoms with Crippen molar-refractivity contribution in [1.29, 1.82) is 0 Å². The van der Waals surface area contributed by atoms with Gasteiger partial charge in [0.25, 0.3) is 5.56 Å². The molecule has 1 fully saturated rings. The first-order valence-electron chi connectivity index (χ1n) is 7.18. The van der Waals surface area contributed by atoms with E-state index in [9.17, 15) is 4.79 Å². The molecule has 4 rings (SSSR count). The first-order valence-corrected chi connectivity index (χ1v) is 7.18. The molecule has 0 bridgehead atoms. The van der Waals surface area contributed by atoms with Crippen molar-refractivity contribution in [2.24, 2.45) is 5.92 Å². The molecule has 5 nitrogen and oxygen atoms in total. The van der Waals surface area contributed by atoms with Gasteiger partial charge < -0.3 is 9.40 Å². The number of H-pyrrole nitrogens is 1. The number of furan rings is 1. The highest BCUT2D eigenvalue weighted by Gasteiger charge is 2.28. The normalized spacial score (nSPS) is 19.0. The molecule has 1 saturated carbocycles. The Labute approximate surface area is 116 Å². The van der Waals surface area contributed by atoms with Crippen LogP contribution in [0.2, 0.25) is 0 Å². The number of hydrogen-bond donors (Lipinski definition) is 1. The van der Waals surface area contributed by atoms with Crippen LogP contribution in [0, 0.1) is 5.92 Å². The van der Waals surface area contributed by atoms with Gasteiger partial charge in [0.15, 0.2) is 11.6 Å². The van der Waals surface area contributed by atoms with E-state index >= 15 is 0 Å². The fourth-order valence-corrected chi connectivity index (χ4v) is 2.85. The smallest absolute Gasteiger partial charge is 0.254 e. The maximum absolute atomic E-state index is 12.2. The lowest BCUT2D eigenvalue weighted by Gasteiger charge is -2.27. The van der Waals surface area contributed by atoms with Gasteiger partial charge in [0.1, 0.15) is 0 Å². The highest BCUT2D eigenvalue weighted by molar-refractivity contribution is 5.46. The Morgan fingerprint density at radius 3 is 3.10 bits per heavy atom. The Morgan fingerprint density at radius 2 is 2.35 bits per heavy atom. The van der Waals surface area contributed by atoms with Crippen LogP contribution >= 0.6 is 0 Å². The minimum atomic E-state index is -0.0209. The minimum Gasteiger partial charge on any atom is -0.461 e. The van der Waals surface area contributed by atoms with E-state index in [1.165, 1.54) is 12.8 Å². The third-order valence-corrected chi connectivity index (χ3v) is 4.12. The second-order valence-electron chi connectivity index (χ2n) is 5.75. The maximum atomic E-state index is 12.2. The lowest BCUT2D eigenvalue weighted by molar-refractivity contribution is 0.239. The molecular formula is C15H17N3O2. The standard InChI is InChI=1S/C15H17N3O2/c19-15-11-5-6-18(8-10-3-4-10)9-12(11)16-14(17-15)13-2-1-7-20-13/h1-2,7,10H,3-6,8-9H2,(H,16,17,19). The highest BCUT2D eigenvalue weighted by atomic mass is 16.3. The summed E-state index contributed by atoms with van der Waals surface area (Å²) in [6, 6.07) is 3.61.